The van der Waals surface area contributed by atoms with Crippen LogP contribution in [0.15, 0.2) is 42.7 Å². The molecule has 2 N–H and O–H groups in total. The van der Waals surface area contributed by atoms with Crippen molar-refractivity contribution >= 4 is 23.1 Å². The molecule has 0 saturated carbocycles. The Morgan fingerprint density at radius 1 is 1.32 bits per heavy atom. The van der Waals surface area contributed by atoms with Crippen molar-refractivity contribution in [3.05, 3.63) is 58.8 Å². The van der Waals surface area contributed by atoms with Crippen molar-refractivity contribution in [1.29, 1.82) is 0 Å². The molecule has 1 aromatic carbocycles. The molecule has 96 valence electrons. The van der Waals surface area contributed by atoms with E-state index in [9.17, 15) is 0 Å². The molecule has 0 aliphatic carbocycles. The topological polar surface area (TPSA) is 44.5 Å². The Morgan fingerprint density at radius 2 is 2.21 bits per heavy atom. The molecule has 2 aromatic heterocycles. The minimum atomic E-state index is 0.397. The molecule has 0 radical (unpaired) electrons. The number of aromatic amines is 2. The van der Waals surface area contributed by atoms with Crippen LogP contribution in [0, 0.1) is 4.77 Å². The second kappa shape index (κ2) is 4.97. The molecular weight excluding hydrogens is 254 g/mol. The zero-order valence-electron chi connectivity index (χ0n) is 10.7. The first-order chi connectivity index (χ1) is 9.22. The number of nitrogens with zero attached hydrogens (tertiary/aromatic N) is 1. The van der Waals surface area contributed by atoms with Gasteiger partial charge in [-0.15, -0.1) is 0 Å². The van der Waals surface area contributed by atoms with Crippen molar-refractivity contribution in [3.63, 3.8) is 0 Å². The molecule has 0 fully saturated rings. The normalized spacial score (nSPS) is 12.7. The van der Waals surface area contributed by atoms with Crippen LogP contribution in [-0.4, -0.2) is 15.0 Å². The summed E-state index contributed by atoms with van der Waals surface area (Å²) in [6.07, 6.45) is 4.75. The molecule has 0 aliphatic rings. The first-order valence-electron chi connectivity index (χ1n) is 6.33. The number of aromatic nitrogens is 3. The first-order valence-corrected chi connectivity index (χ1v) is 6.74. The minimum absolute atomic E-state index is 0.397. The Hall–Kier alpha value is -1.94. The molecule has 19 heavy (non-hydrogen) atoms. The molecule has 0 spiro atoms. The highest BCUT2D eigenvalue weighted by atomic mass is 32.1. The van der Waals surface area contributed by atoms with Crippen molar-refractivity contribution < 1.29 is 0 Å². The van der Waals surface area contributed by atoms with Gasteiger partial charge in [-0.25, -0.2) is 0 Å². The van der Waals surface area contributed by atoms with E-state index in [-0.39, 0.29) is 0 Å². The minimum Gasteiger partial charge on any atom is -0.337 e. The fraction of sp³-hybridized carbons (Fsp3) is 0.200. The molecule has 3 aromatic rings. The highest BCUT2D eigenvalue weighted by Gasteiger charge is 2.08. The van der Waals surface area contributed by atoms with Crippen molar-refractivity contribution in [2.75, 3.05) is 0 Å². The summed E-state index contributed by atoms with van der Waals surface area (Å²) < 4.78 is 0.682. The first kappa shape index (κ1) is 12.1. The van der Waals surface area contributed by atoms with Gasteiger partial charge in [0.25, 0.3) is 0 Å². The number of fused-ring (bicyclic) bond motifs is 1. The molecular formula is C15H15N3S. The number of hydrogen-bond acceptors (Lipinski definition) is 2. The maximum absolute atomic E-state index is 5.06. The summed E-state index contributed by atoms with van der Waals surface area (Å²) in [5.41, 5.74) is 3.49. The van der Waals surface area contributed by atoms with Crippen molar-refractivity contribution in [2.24, 2.45) is 0 Å². The zero-order valence-corrected chi connectivity index (χ0v) is 11.5. The molecule has 0 amide bonds. The summed E-state index contributed by atoms with van der Waals surface area (Å²) in [7, 11) is 0. The third-order valence-corrected chi connectivity index (χ3v) is 3.58. The summed E-state index contributed by atoms with van der Waals surface area (Å²) in [5.74, 6) is 0.397. The monoisotopic (exact) mass is 269 g/mol. The molecule has 1 unspecified atom stereocenters. The van der Waals surface area contributed by atoms with Gasteiger partial charge in [0, 0.05) is 29.4 Å². The lowest BCUT2D eigenvalue weighted by Crippen LogP contribution is -1.99. The van der Waals surface area contributed by atoms with E-state index in [0.29, 0.717) is 10.7 Å². The molecule has 0 aliphatic heterocycles. The summed E-state index contributed by atoms with van der Waals surface area (Å²) >= 11 is 5.06. The predicted molar refractivity (Wildman–Crippen MR) is 79.8 cm³/mol. The fourth-order valence-electron chi connectivity index (χ4n) is 2.31. The van der Waals surface area contributed by atoms with Gasteiger partial charge in [0.1, 0.15) is 0 Å². The lowest BCUT2D eigenvalue weighted by molar-refractivity contribution is 0.736. The number of benzene rings is 1. The van der Waals surface area contributed by atoms with E-state index in [2.05, 4.69) is 46.1 Å². The van der Waals surface area contributed by atoms with E-state index in [0.717, 1.165) is 17.6 Å². The number of pyridine rings is 1. The Bertz CT molecular complexity index is 757. The Morgan fingerprint density at radius 3 is 3.00 bits per heavy atom. The number of nitrogens with one attached hydrogen (secondary N) is 2. The third kappa shape index (κ3) is 2.58. The Kier molecular flexibility index (Phi) is 3.17. The highest BCUT2D eigenvalue weighted by Crippen LogP contribution is 2.21. The van der Waals surface area contributed by atoms with Gasteiger partial charge in [-0.1, -0.05) is 25.1 Å². The SMILES string of the molecule is CC(Cc1ccc2cccnc2c1)c1c[nH]c(=S)[nH]1. The van der Waals surface area contributed by atoms with E-state index >= 15 is 0 Å². The van der Waals surface area contributed by atoms with E-state index in [1.807, 2.05) is 18.5 Å². The molecule has 1 atom stereocenters. The fourth-order valence-corrected chi connectivity index (χ4v) is 2.49. The zero-order chi connectivity index (χ0) is 13.2. The maximum Gasteiger partial charge on any atom is 0.174 e. The van der Waals surface area contributed by atoms with Crippen molar-refractivity contribution in [1.82, 2.24) is 15.0 Å². The molecule has 3 rings (SSSR count). The summed E-state index contributed by atoms with van der Waals surface area (Å²) in [6, 6.07) is 10.5. The van der Waals surface area contributed by atoms with Crippen LogP contribution < -0.4 is 0 Å². The maximum atomic E-state index is 5.06. The van der Waals surface area contributed by atoms with Crippen LogP contribution in [0.1, 0.15) is 24.1 Å². The largest absolute Gasteiger partial charge is 0.337 e. The predicted octanol–water partition coefficient (Wildman–Crippen LogP) is 3.97. The quantitative estimate of drug-likeness (QED) is 0.707. The third-order valence-electron chi connectivity index (χ3n) is 3.36. The van der Waals surface area contributed by atoms with E-state index < -0.39 is 0 Å². The average molecular weight is 269 g/mol. The van der Waals surface area contributed by atoms with Crippen LogP contribution in [0.4, 0.5) is 0 Å². The van der Waals surface area contributed by atoms with Crippen LogP contribution in [0.2, 0.25) is 0 Å². The molecule has 2 heterocycles. The number of imidazole rings is 1. The summed E-state index contributed by atoms with van der Waals surface area (Å²) in [4.78, 5) is 10.6. The van der Waals surface area contributed by atoms with Crippen LogP contribution >= 0.6 is 12.2 Å². The van der Waals surface area contributed by atoms with Crippen LogP contribution in [0.3, 0.4) is 0 Å². The van der Waals surface area contributed by atoms with Crippen molar-refractivity contribution in [2.45, 2.75) is 19.3 Å². The summed E-state index contributed by atoms with van der Waals surface area (Å²) in [5, 5.41) is 1.18. The van der Waals surface area contributed by atoms with Gasteiger partial charge in [0.2, 0.25) is 0 Å². The second-order valence-corrected chi connectivity index (χ2v) is 5.24. The van der Waals surface area contributed by atoms with Gasteiger partial charge < -0.3 is 9.97 Å². The number of H-pyrrole nitrogens is 2. The summed E-state index contributed by atoms with van der Waals surface area (Å²) in [6.45, 7) is 2.19. The van der Waals surface area contributed by atoms with Gasteiger partial charge in [0.15, 0.2) is 4.77 Å². The van der Waals surface area contributed by atoms with Crippen molar-refractivity contribution in [3.8, 4) is 0 Å². The average Bonchev–Trinajstić information content (AvgIpc) is 2.85. The van der Waals surface area contributed by atoms with Gasteiger partial charge in [0.05, 0.1) is 5.52 Å². The van der Waals surface area contributed by atoms with E-state index in [4.69, 9.17) is 12.2 Å². The van der Waals surface area contributed by atoms with Crippen LogP contribution in [-0.2, 0) is 6.42 Å². The number of hydrogen-bond donors (Lipinski definition) is 2. The molecule has 0 saturated heterocycles. The van der Waals surface area contributed by atoms with E-state index in [1.54, 1.807) is 0 Å². The van der Waals surface area contributed by atoms with Crippen LogP contribution in [0.25, 0.3) is 10.9 Å². The van der Waals surface area contributed by atoms with E-state index in [1.165, 1.54) is 10.9 Å². The lowest BCUT2D eigenvalue weighted by Gasteiger charge is -2.09. The van der Waals surface area contributed by atoms with Gasteiger partial charge in [-0.3, -0.25) is 4.98 Å². The molecule has 0 bridgehead atoms. The highest BCUT2D eigenvalue weighted by molar-refractivity contribution is 7.71. The number of rotatable bonds is 3. The standard InChI is InChI=1S/C15H15N3S/c1-10(14-9-17-15(19)18-14)7-11-4-5-12-3-2-6-16-13(12)8-11/h2-6,8-10H,7H2,1H3,(H2,17,18,19). The Balaban J connectivity index is 1.86. The van der Waals surface area contributed by atoms with Gasteiger partial charge in [-0.2, -0.15) is 0 Å². The van der Waals surface area contributed by atoms with Gasteiger partial charge in [-0.05, 0) is 36.3 Å². The lowest BCUT2D eigenvalue weighted by atomic mass is 9.98. The second-order valence-electron chi connectivity index (χ2n) is 4.83. The Labute approximate surface area is 116 Å². The molecule has 4 heteroatoms. The smallest absolute Gasteiger partial charge is 0.174 e. The molecule has 3 nitrogen and oxygen atoms in total. The van der Waals surface area contributed by atoms with Crippen LogP contribution in [0.5, 0.6) is 0 Å². The van der Waals surface area contributed by atoms with Gasteiger partial charge >= 0.3 is 0 Å².